The molecule has 0 atom stereocenters. The van der Waals surface area contributed by atoms with Crippen LogP contribution in [0, 0.1) is 5.92 Å². The van der Waals surface area contributed by atoms with Crippen molar-refractivity contribution in [3.63, 3.8) is 0 Å². The van der Waals surface area contributed by atoms with Crippen LogP contribution in [0.15, 0.2) is 49.1 Å². The van der Waals surface area contributed by atoms with Crippen molar-refractivity contribution in [3.05, 3.63) is 49.1 Å². The van der Waals surface area contributed by atoms with Crippen molar-refractivity contribution in [1.29, 1.82) is 0 Å². The summed E-state index contributed by atoms with van der Waals surface area (Å²) in [5, 5.41) is 15.0. The van der Waals surface area contributed by atoms with Crippen molar-refractivity contribution in [2.24, 2.45) is 5.92 Å². The van der Waals surface area contributed by atoms with Crippen molar-refractivity contribution >= 4 is 39.2 Å². The molecular formula is C27H29N9O. The number of imidazole rings is 1. The number of pyridine rings is 2. The minimum absolute atomic E-state index is 0.0129. The first kappa shape index (κ1) is 23.1. The number of aromatic amines is 2. The van der Waals surface area contributed by atoms with Gasteiger partial charge in [-0.2, -0.15) is 5.10 Å². The third-order valence-electron chi connectivity index (χ3n) is 6.57. The summed E-state index contributed by atoms with van der Waals surface area (Å²) in [6.07, 6.45) is 7.63. The monoisotopic (exact) mass is 495 g/mol. The van der Waals surface area contributed by atoms with Crippen LogP contribution in [0.4, 0.5) is 11.4 Å². The van der Waals surface area contributed by atoms with Crippen molar-refractivity contribution in [2.45, 2.75) is 20.3 Å². The van der Waals surface area contributed by atoms with E-state index in [2.05, 4.69) is 46.7 Å². The number of piperazine rings is 1. The average molecular weight is 496 g/mol. The van der Waals surface area contributed by atoms with Gasteiger partial charge in [0, 0.05) is 49.7 Å². The molecule has 6 rings (SSSR count). The maximum Gasteiger partial charge on any atom is 0.224 e. The molecule has 1 aliphatic rings. The van der Waals surface area contributed by atoms with Crippen LogP contribution in [-0.4, -0.2) is 62.2 Å². The minimum atomic E-state index is -0.0129. The van der Waals surface area contributed by atoms with E-state index < -0.39 is 0 Å². The molecule has 0 unspecified atom stereocenters. The van der Waals surface area contributed by atoms with E-state index in [-0.39, 0.29) is 5.91 Å². The van der Waals surface area contributed by atoms with Gasteiger partial charge >= 0.3 is 0 Å². The fourth-order valence-corrected chi connectivity index (χ4v) is 4.79. The number of anilines is 2. The van der Waals surface area contributed by atoms with Gasteiger partial charge in [0.05, 0.1) is 41.0 Å². The highest BCUT2D eigenvalue weighted by Gasteiger charge is 2.19. The number of hydrogen-bond donors (Lipinski definition) is 4. The van der Waals surface area contributed by atoms with Gasteiger partial charge in [0.1, 0.15) is 11.2 Å². The Morgan fingerprint density at radius 3 is 2.70 bits per heavy atom. The van der Waals surface area contributed by atoms with Crippen molar-refractivity contribution < 1.29 is 4.79 Å². The maximum absolute atomic E-state index is 12.2. The number of amides is 1. The molecule has 0 spiro atoms. The number of H-pyrrole nitrogens is 2. The molecule has 10 heteroatoms. The van der Waals surface area contributed by atoms with Gasteiger partial charge in [-0.25, -0.2) is 4.98 Å². The third kappa shape index (κ3) is 4.63. The topological polar surface area (TPSA) is 128 Å². The molecule has 1 aromatic carbocycles. The Bertz CT molecular complexity index is 1580. The summed E-state index contributed by atoms with van der Waals surface area (Å²) in [6, 6.07) is 8.04. The number of carbonyl (C=O) groups is 1. The molecule has 188 valence electrons. The van der Waals surface area contributed by atoms with E-state index in [0.717, 1.165) is 70.6 Å². The van der Waals surface area contributed by atoms with Crippen LogP contribution in [0.2, 0.25) is 0 Å². The van der Waals surface area contributed by atoms with Gasteiger partial charge in [-0.05, 0) is 29.7 Å². The van der Waals surface area contributed by atoms with Crippen LogP contribution in [0.1, 0.15) is 20.3 Å². The van der Waals surface area contributed by atoms with Gasteiger partial charge in [0.25, 0.3) is 0 Å². The molecule has 0 bridgehead atoms. The Hall–Kier alpha value is -4.31. The first-order valence-electron chi connectivity index (χ1n) is 12.6. The van der Waals surface area contributed by atoms with Crippen LogP contribution in [0.5, 0.6) is 0 Å². The Labute approximate surface area is 213 Å². The summed E-state index contributed by atoms with van der Waals surface area (Å²) in [7, 11) is 0. The molecule has 1 amide bonds. The molecule has 5 heterocycles. The Balaban J connectivity index is 1.35. The van der Waals surface area contributed by atoms with E-state index in [9.17, 15) is 4.79 Å². The molecule has 4 aromatic heterocycles. The van der Waals surface area contributed by atoms with E-state index in [1.807, 2.05) is 44.4 Å². The lowest BCUT2D eigenvalue weighted by Gasteiger charge is -2.29. The average Bonchev–Trinajstić information content (AvgIpc) is 3.52. The van der Waals surface area contributed by atoms with Crippen LogP contribution < -0.4 is 15.5 Å². The van der Waals surface area contributed by atoms with Gasteiger partial charge in [-0.1, -0.05) is 19.9 Å². The molecule has 0 radical (unpaired) electrons. The predicted molar refractivity (Wildman–Crippen MR) is 145 cm³/mol. The zero-order valence-corrected chi connectivity index (χ0v) is 20.9. The number of carbonyl (C=O) groups excluding carboxylic acids is 1. The SMILES string of the molecule is CC(C)CC(=O)Nc1cncc(-c2ccc3[nH]nc(-c4nc5c(N6CCNCC6)cncc5[nH]4)c3c2)c1. The molecule has 5 aromatic rings. The van der Waals surface area contributed by atoms with Crippen LogP contribution in [0.25, 0.3) is 44.6 Å². The maximum atomic E-state index is 12.2. The molecule has 0 aliphatic carbocycles. The number of nitrogens with one attached hydrogen (secondary N) is 4. The number of nitrogens with zero attached hydrogens (tertiary/aromatic N) is 5. The van der Waals surface area contributed by atoms with Gasteiger partial charge in [0.15, 0.2) is 5.82 Å². The number of rotatable bonds is 6. The molecular weight excluding hydrogens is 466 g/mol. The summed E-state index contributed by atoms with van der Waals surface area (Å²) in [6.45, 7) is 7.77. The summed E-state index contributed by atoms with van der Waals surface area (Å²) in [4.78, 5) is 31.7. The molecule has 0 saturated carbocycles. The largest absolute Gasteiger partial charge is 0.366 e. The summed E-state index contributed by atoms with van der Waals surface area (Å²) in [5.74, 6) is 0.969. The normalized spacial score (nSPS) is 14.1. The lowest BCUT2D eigenvalue weighted by atomic mass is 10.0. The second-order valence-electron chi connectivity index (χ2n) is 9.82. The second-order valence-corrected chi connectivity index (χ2v) is 9.82. The standard InChI is InChI=1S/C27H29N9O/c1-16(2)9-24(37)31-19-10-18(12-29-13-19)17-3-4-21-20(11-17)25(35-34-21)27-32-22-14-30-15-23(26(22)33-27)36-7-5-28-6-8-36/h3-4,10-16,28H,5-9H2,1-2H3,(H,31,37)(H,32,33)(H,34,35). The first-order valence-corrected chi connectivity index (χ1v) is 12.6. The highest BCUT2D eigenvalue weighted by molar-refractivity contribution is 5.97. The number of hydrogen-bond acceptors (Lipinski definition) is 7. The van der Waals surface area contributed by atoms with Gasteiger partial charge in [0.2, 0.25) is 5.91 Å². The van der Waals surface area contributed by atoms with E-state index >= 15 is 0 Å². The van der Waals surface area contributed by atoms with E-state index in [4.69, 9.17) is 4.98 Å². The van der Waals surface area contributed by atoms with E-state index in [1.165, 1.54) is 0 Å². The molecule has 4 N–H and O–H groups in total. The highest BCUT2D eigenvalue weighted by Crippen LogP contribution is 2.32. The number of aromatic nitrogens is 6. The molecule has 1 fully saturated rings. The summed E-state index contributed by atoms with van der Waals surface area (Å²) in [5.41, 5.74) is 7.03. The molecule has 1 saturated heterocycles. The Kier molecular flexibility index (Phi) is 6.01. The van der Waals surface area contributed by atoms with Crippen molar-refractivity contribution in [3.8, 4) is 22.6 Å². The zero-order chi connectivity index (χ0) is 25.4. The lowest BCUT2D eigenvalue weighted by Crippen LogP contribution is -2.43. The van der Waals surface area contributed by atoms with Crippen LogP contribution in [0.3, 0.4) is 0 Å². The molecule has 1 aliphatic heterocycles. The second kappa shape index (κ2) is 9.62. The van der Waals surface area contributed by atoms with E-state index in [1.54, 1.807) is 12.4 Å². The smallest absolute Gasteiger partial charge is 0.224 e. The minimum Gasteiger partial charge on any atom is -0.366 e. The summed E-state index contributed by atoms with van der Waals surface area (Å²) < 4.78 is 0. The molecule has 10 nitrogen and oxygen atoms in total. The third-order valence-corrected chi connectivity index (χ3v) is 6.57. The van der Waals surface area contributed by atoms with Crippen LogP contribution in [-0.2, 0) is 4.79 Å². The van der Waals surface area contributed by atoms with E-state index in [0.29, 0.717) is 23.9 Å². The van der Waals surface area contributed by atoms with Gasteiger partial charge in [-0.15, -0.1) is 0 Å². The lowest BCUT2D eigenvalue weighted by molar-refractivity contribution is -0.116. The fraction of sp³-hybridized carbons (Fsp3) is 0.296. The number of benzene rings is 1. The number of fused-ring (bicyclic) bond motifs is 2. The Morgan fingerprint density at radius 1 is 1.03 bits per heavy atom. The summed E-state index contributed by atoms with van der Waals surface area (Å²) >= 11 is 0. The van der Waals surface area contributed by atoms with Gasteiger partial charge in [-0.3, -0.25) is 19.9 Å². The highest BCUT2D eigenvalue weighted by atomic mass is 16.1. The fourth-order valence-electron chi connectivity index (χ4n) is 4.79. The Morgan fingerprint density at radius 2 is 1.86 bits per heavy atom. The first-order chi connectivity index (χ1) is 18.0. The molecule has 37 heavy (non-hydrogen) atoms. The predicted octanol–water partition coefficient (Wildman–Crippen LogP) is 3.96. The van der Waals surface area contributed by atoms with Crippen molar-refractivity contribution in [1.82, 2.24) is 35.5 Å². The van der Waals surface area contributed by atoms with Gasteiger partial charge < -0.3 is 20.5 Å². The van der Waals surface area contributed by atoms with Crippen molar-refractivity contribution in [2.75, 3.05) is 36.4 Å². The zero-order valence-electron chi connectivity index (χ0n) is 20.9. The quantitative estimate of drug-likeness (QED) is 0.281. The van der Waals surface area contributed by atoms with Crippen LogP contribution >= 0.6 is 0 Å².